The summed E-state index contributed by atoms with van der Waals surface area (Å²) in [7, 11) is 0. The zero-order chi connectivity index (χ0) is 20.1. The molecule has 2 unspecified atom stereocenters. The van der Waals surface area contributed by atoms with Crippen LogP contribution in [0.1, 0.15) is 61.9 Å². The Bertz CT molecular complexity index is 682. The summed E-state index contributed by atoms with van der Waals surface area (Å²) in [5.41, 5.74) is 1.58. The Morgan fingerprint density at radius 3 is 2.50 bits per heavy atom. The van der Waals surface area contributed by atoms with Crippen molar-refractivity contribution in [2.75, 3.05) is 26.2 Å². The fourth-order valence-electron chi connectivity index (χ4n) is 4.54. The predicted octanol–water partition coefficient (Wildman–Crippen LogP) is 3.23. The highest BCUT2D eigenvalue weighted by Crippen LogP contribution is 2.22. The summed E-state index contributed by atoms with van der Waals surface area (Å²) >= 11 is 0. The Labute approximate surface area is 169 Å². The van der Waals surface area contributed by atoms with E-state index in [0.717, 1.165) is 38.2 Å². The van der Waals surface area contributed by atoms with Crippen LogP contribution in [0.5, 0.6) is 0 Å². The van der Waals surface area contributed by atoms with Crippen molar-refractivity contribution in [3.63, 3.8) is 0 Å². The quantitative estimate of drug-likeness (QED) is 0.818. The molecule has 2 atom stereocenters. The number of benzene rings is 1. The van der Waals surface area contributed by atoms with Crippen LogP contribution in [0.15, 0.2) is 24.3 Å². The van der Waals surface area contributed by atoms with E-state index in [9.17, 15) is 9.59 Å². The number of hydrogen-bond donors (Lipinski definition) is 1. The van der Waals surface area contributed by atoms with Gasteiger partial charge in [-0.3, -0.25) is 14.5 Å². The van der Waals surface area contributed by atoms with Crippen LogP contribution in [0.3, 0.4) is 0 Å². The third kappa shape index (κ3) is 5.13. The van der Waals surface area contributed by atoms with E-state index in [2.05, 4.69) is 24.1 Å². The van der Waals surface area contributed by atoms with Crippen LogP contribution >= 0.6 is 0 Å². The minimum absolute atomic E-state index is 0.0829. The predicted molar refractivity (Wildman–Crippen MR) is 112 cm³/mol. The summed E-state index contributed by atoms with van der Waals surface area (Å²) in [4.78, 5) is 30.7. The summed E-state index contributed by atoms with van der Waals surface area (Å²) < 4.78 is 0. The maximum atomic E-state index is 13.3. The van der Waals surface area contributed by atoms with E-state index in [-0.39, 0.29) is 11.8 Å². The number of aryl methyl sites for hydroxylation is 1. The number of piperidine rings is 1. The number of nitrogens with one attached hydrogen (secondary N) is 1. The fraction of sp³-hybridized carbons (Fsp3) is 0.652. The summed E-state index contributed by atoms with van der Waals surface area (Å²) in [5.74, 6) is 0.273. The molecule has 154 valence electrons. The molecule has 5 heteroatoms. The van der Waals surface area contributed by atoms with Gasteiger partial charge in [-0.25, -0.2) is 0 Å². The van der Waals surface area contributed by atoms with Gasteiger partial charge in [-0.2, -0.15) is 0 Å². The van der Waals surface area contributed by atoms with Crippen LogP contribution in [0.25, 0.3) is 0 Å². The zero-order valence-electron chi connectivity index (χ0n) is 17.6. The molecule has 2 heterocycles. The normalized spacial score (nSPS) is 21.7. The Morgan fingerprint density at radius 2 is 1.82 bits per heavy atom. The Hall–Kier alpha value is -1.88. The molecule has 0 aliphatic carbocycles. The molecule has 28 heavy (non-hydrogen) atoms. The molecule has 1 N–H and O–H groups in total. The van der Waals surface area contributed by atoms with Crippen LogP contribution in [-0.2, 0) is 4.79 Å². The SMILES string of the molecule is Cc1ccccc1C(=O)NC(CC(C)C)C(=O)N1CCCC(N2CCCC2)C1. The first-order chi connectivity index (χ1) is 13.5. The molecule has 2 aliphatic rings. The maximum Gasteiger partial charge on any atom is 0.252 e. The second-order valence-electron chi connectivity index (χ2n) is 8.79. The van der Waals surface area contributed by atoms with E-state index in [1.165, 1.54) is 19.3 Å². The monoisotopic (exact) mass is 385 g/mol. The number of carbonyl (C=O) groups excluding carboxylic acids is 2. The van der Waals surface area contributed by atoms with E-state index in [1.807, 2.05) is 36.1 Å². The second kappa shape index (κ2) is 9.55. The van der Waals surface area contributed by atoms with Gasteiger partial charge >= 0.3 is 0 Å². The van der Waals surface area contributed by atoms with Crippen molar-refractivity contribution in [2.45, 2.75) is 65.0 Å². The summed E-state index contributed by atoms with van der Waals surface area (Å²) in [6, 6.07) is 7.57. The van der Waals surface area contributed by atoms with E-state index < -0.39 is 6.04 Å². The van der Waals surface area contributed by atoms with Gasteiger partial charge in [0.25, 0.3) is 5.91 Å². The molecule has 2 aliphatic heterocycles. The molecule has 2 fully saturated rings. The molecular formula is C23H35N3O2. The average molecular weight is 386 g/mol. The van der Waals surface area contributed by atoms with Gasteiger partial charge in [0.15, 0.2) is 0 Å². The minimum atomic E-state index is -0.454. The molecule has 3 rings (SSSR count). The molecule has 0 spiro atoms. The molecule has 0 aromatic heterocycles. The molecule has 2 saturated heterocycles. The lowest BCUT2D eigenvalue weighted by molar-refractivity contribution is -0.135. The first-order valence-electron chi connectivity index (χ1n) is 10.8. The van der Waals surface area contributed by atoms with Crippen molar-refractivity contribution in [1.29, 1.82) is 0 Å². The number of amides is 2. The fourth-order valence-corrected chi connectivity index (χ4v) is 4.54. The van der Waals surface area contributed by atoms with Gasteiger partial charge in [0.2, 0.25) is 5.91 Å². The van der Waals surface area contributed by atoms with Crippen LogP contribution in [-0.4, -0.2) is 59.9 Å². The van der Waals surface area contributed by atoms with Gasteiger partial charge in [0.1, 0.15) is 6.04 Å². The van der Waals surface area contributed by atoms with Crippen molar-refractivity contribution < 1.29 is 9.59 Å². The highest BCUT2D eigenvalue weighted by Gasteiger charge is 2.33. The van der Waals surface area contributed by atoms with Crippen LogP contribution < -0.4 is 5.32 Å². The first-order valence-corrected chi connectivity index (χ1v) is 10.8. The summed E-state index contributed by atoms with van der Waals surface area (Å²) in [5, 5.41) is 3.04. The largest absolute Gasteiger partial charge is 0.340 e. The van der Waals surface area contributed by atoms with E-state index in [4.69, 9.17) is 0 Å². The number of carbonyl (C=O) groups is 2. The zero-order valence-corrected chi connectivity index (χ0v) is 17.6. The smallest absolute Gasteiger partial charge is 0.252 e. The van der Waals surface area contributed by atoms with Gasteiger partial charge in [0.05, 0.1) is 0 Å². The summed E-state index contributed by atoms with van der Waals surface area (Å²) in [6.45, 7) is 10.1. The van der Waals surface area contributed by atoms with Gasteiger partial charge in [-0.15, -0.1) is 0 Å². The average Bonchev–Trinajstić information content (AvgIpc) is 3.22. The number of rotatable bonds is 6. The van der Waals surface area contributed by atoms with E-state index in [0.29, 0.717) is 23.9 Å². The van der Waals surface area contributed by atoms with Crippen molar-refractivity contribution in [3.8, 4) is 0 Å². The summed E-state index contributed by atoms with van der Waals surface area (Å²) in [6.07, 6.45) is 5.43. The van der Waals surface area contributed by atoms with Crippen molar-refractivity contribution in [1.82, 2.24) is 15.1 Å². The van der Waals surface area contributed by atoms with Crippen LogP contribution in [0.2, 0.25) is 0 Å². The Morgan fingerprint density at radius 1 is 1.11 bits per heavy atom. The highest BCUT2D eigenvalue weighted by molar-refractivity contribution is 5.98. The second-order valence-corrected chi connectivity index (χ2v) is 8.79. The molecule has 2 amide bonds. The van der Waals surface area contributed by atoms with Crippen LogP contribution in [0, 0.1) is 12.8 Å². The molecule has 1 aromatic carbocycles. The van der Waals surface area contributed by atoms with Gasteiger partial charge in [-0.05, 0) is 69.7 Å². The van der Waals surface area contributed by atoms with Crippen LogP contribution in [0.4, 0.5) is 0 Å². The van der Waals surface area contributed by atoms with Crippen molar-refractivity contribution in [2.24, 2.45) is 5.92 Å². The molecular weight excluding hydrogens is 350 g/mol. The minimum Gasteiger partial charge on any atom is -0.340 e. The number of hydrogen-bond acceptors (Lipinski definition) is 3. The number of likely N-dealkylation sites (tertiary alicyclic amines) is 2. The lowest BCUT2D eigenvalue weighted by Gasteiger charge is -2.39. The maximum absolute atomic E-state index is 13.3. The van der Waals surface area contributed by atoms with Crippen molar-refractivity contribution >= 4 is 11.8 Å². The Kier molecular flexibility index (Phi) is 7.11. The van der Waals surface area contributed by atoms with E-state index >= 15 is 0 Å². The lowest BCUT2D eigenvalue weighted by Crippen LogP contribution is -2.55. The molecule has 0 radical (unpaired) electrons. The molecule has 0 saturated carbocycles. The molecule has 1 aromatic rings. The lowest BCUT2D eigenvalue weighted by atomic mass is 9.98. The number of nitrogens with zero attached hydrogens (tertiary/aromatic N) is 2. The third-order valence-corrected chi connectivity index (χ3v) is 6.07. The highest BCUT2D eigenvalue weighted by atomic mass is 16.2. The topological polar surface area (TPSA) is 52.7 Å². The van der Waals surface area contributed by atoms with Gasteiger partial charge < -0.3 is 10.2 Å². The molecule has 5 nitrogen and oxygen atoms in total. The van der Waals surface area contributed by atoms with Gasteiger partial charge in [-0.1, -0.05) is 32.0 Å². The molecule has 0 bridgehead atoms. The standard InChI is InChI=1S/C23H35N3O2/c1-17(2)15-21(24-22(27)20-11-5-4-9-18(20)3)23(28)26-14-8-10-19(16-26)25-12-6-7-13-25/h4-5,9,11,17,19,21H,6-8,10,12-16H2,1-3H3,(H,24,27). The van der Waals surface area contributed by atoms with Crippen molar-refractivity contribution in [3.05, 3.63) is 35.4 Å². The Balaban J connectivity index is 1.68. The van der Waals surface area contributed by atoms with Gasteiger partial charge in [0, 0.05) is 24.7 Å². The van der Waals surface area contributed by atoms with E-state index in [1.54, 1.807) is 0 Å². The third-order valence-electron chi connectivity index (χ3n) is 6.07. The first kappa shape index (κ1) is 20.8.